The van der Waals surface area contributed by atoms with Gasteiger partial charge in [-0.05, 0) is 36.2 Å². The van der Waals surface area contributed by atoms with Gasteiger partial charge in [0.15, 0.2) is 0 Å². The second-order valence-electron chi connectivity index (χ2n) is 4.84. The predicted octanol–water partition coefficient (Wildman–Crippen LogP) is 3.36. The summed E-state index contributed by atoms with van der Waals surface area (Å²) in [6.07, 6.45) is 0.990. The van der Waals surface area contributed by atoms with Crippen LogP contribution < -0.4 is 10.1 Å². The van der Waals surface area contributed by atoms with Crippen LogP contribution in [0.2, 0.25) is 0 Å². The second kappa shape index (κ2) is 9.16. The Kier molecular flexibility index (Phi) is 6.78. The van der Waals surface area contributed by atoms with Gasteiger partial charge in [-0.2, -0.15) is 0 Å². The Hall–Kier alpha value is -1.84. The SMILES string of the molecule is COCCNCCCOc1ccc(-c2ccccc2)cc1. The van der Waals surface area contributed by atoms with Crippen molar-refractivity contribution in [1.29, 1.82) is 0 Å². The van der Waals surface area contributed by atoms with Crippen LogP contribution in [0.25, 0.3) is 11.1 Å². The van der Waals surface area contributed by atoms with E-state index in [1.807, 2.05) is 18.2 Å². The highest BCUT2D eigenvalue weighted by molar-refractivity contribution is 5.63. The largest absolute Gasteiger partial charge is 0.494 e. The quantitative estimate of drug-likeness (QED) is 0.717. The van der Waals surface area contributed by atoms with E-state index in [2.05, 4.69) is 41.7 Å². The summed E-state index contributed by atoms with van der Waals surface area (Å²) in [5.41, 5.74) is 2.44. The molecule has 0 saturated heterocycles. The molecule has 0 heterocycles. The van der Waals surface area contributed by atoms with Gasteiger partial charge in [0.25, 0.3) is 0 Å². The molecule has 3 nitrogen and oxygen atoms in total. The monoisotopic (exact) mass is 285 g/mol. The molecule has 2 aromatic carbocycles. The van der Waals surface area contributed by atoms with Crippen molar-refractivity contribution in [3.63, 3.8) is 0 Å². The number of hydrogen-bond acceptors (Lipinski definition) is 3. The summed E-state index contributed by atoms with van der Waals surface area (Å²) in [6, 6.07) is 18.6. The summed E-state index contributed by atoms with van der Waals surface area (Å²) >= 11 is 0. The lowest BCUT2D eigenvalue weighted by Gasteiger charge is -2.08. The van der Waals surface area contributed by atoms with Crippen molar-refractivity contribution in [2.45, 2.75) is 6.42 Å². The van der Waals surface area contributed by atoms with Gasteiger partial charge in [-0.25, -0.2) is 0 Å². The zero-order chi connectivity index (χ0) is 14.8. The maximum absolute atomic E-state index is 5.73. The first kappa shape index (κ1) is 15.5. The molecule has 2 aromatic rings. The molecule has 3 heteroatoms. The van der Waals surface area contributed by atoms with E-state index in [9.17, 15) is 0 Å². The van der Waals surface area contributed by atoms with Crippen LogP contribution in [0.4, 0.5) is 0 Å². The van der Waals surface area contributed by atoms with Crippen LogP contribution in [0.3, 0.4) is 0 Å². The third kappa shape index (κ3) is 5.58. The number of rotatable bonds is 9. The molecule has 0 amide bonds. The second-order valence-corrected chi connectivity index (χ2v) is 4.84. The Bertz CT molecular complexity index is 496. The minimum Gasteiger partial charge on any atom is -0.494 e. The van der Waals surface area contributed by atoms with Crippen molar-refractivity contribution < 1.29 is 9.47 Å². The lowest BCUT2D eigenvalue weighted by atomic mass is 10.1. The van der Waals surface area contributed by atoms with E-state index in [-0.39, 0.29) is 0 Å². The maximum Gasteiger partial charge on any atom is 0.119 e. The standard InChI is InChI=1S/C18H23NO2/c1-20-15-13-19-12-5-14-21-18-10-8-17(9-11-18)16-6-3-2-4-7-16/h2-4,6-11,19H,5,12-15H2,1H3. The smallest absolute Gasteiger partial charge is 0.119 e. The van der Waals surface area contributed by atoms with Crippen molar-refractivity contribution in [3.8, 4) is 16.9 Å². The first-order valence-electron chi connectivity index (χ1n) is 7.38. The van der Waals surface area contributed by atoms with Crippen LogP contribution in [-0.4, -0.2) is 33.4 Å². The van der Waals surface area contributed by atoms with E-state index in [0.717, 1.165) is 38.5 Å². The number of nitrogens with one attached hydrogen (secondary N) is 1. The van der Waals surface area contributed by atoms with E-state index in [1.54, 1.807) is 7.11 Å². The summed E-state index contributed by atoms with van der Waals surface area (Å²) < 4.78 is 10.7. The van der Waals surface area contributed by atoms with Crippen LogP contribution in [0.15, 0.2) is 54.6 Å². The Morgan fingerprint density at radius 1 is 0.810 bits per heavy atom. The number of ether oxygens (including phenoxy) is 2. The zero-order valence-corrected chi connectivity index (χ0v) is 12.5. The fourth-order valence-corrected chi connectivity index (χ4v) is 2.06. The number of hydrogen-bond donors (Lipinski definition) is 1. The minimum absolute atomic E-state index is 0.727. The van der Waals surface area contributed by atoms with Crippen molar-refractivity contribution in [2.75, 3.05) is 33.4 Å². The lowest BCUT2D eigenvalue weighted by Crippen LogP contribution is -2.21. The van der Waals surface area contributed by atoms with E-state index in [4.69, 9.17) is 9.47 Å². The van der Waals surface area contributed by atoms with Crippen molar-refractivity contribution in [3.05, 3.63) is 54.6 Å². The first-order chi connectivity index (χ1) is 10.4. The van der Waals surface area contributed by atoms with Gasteiger partial charge in [0.2, 0.25) is 0 Å². The molecule has 21 heavy (non-hydrogen) atoms. The first-order valence-corrected chi connectivity index (χ1v) is 7.38. The summed E-state index contributed by atoms with van der Waals surface area (Å²) in [5, 5.41) is 3.30. The fraction of sp³-hybridized carbons (Fsp3) is 0.333. The van der Waals surface area contributed by atoms with Crippen LogP contribution in [-0.2, 0) is 4.74 Å². The van der Waals surface area contributed by atoms with Gasteiger partial charge in [0, 0.05) is 13.7 Å². The predicted molar refractivity (Wildman–Crippen MR) is 86.7 cm³/mol. The molecule has 112 valence electrons. The van der Waals surface area contributed by atoms with Gasteiger partial charge in [-0.15, -0.1) is 0 Å². The molecular formula is C18H23NO2. The Morgan fingerprint density at radius 2 is 1.52 bits per heavy atom. The molecular weight excluding hydrogens is 262 g/mol. The molecule has 0 bridgehead atoms. The summed E-state index contributed by atoms with van der Waals surface area (Å²) in [5.74, 6) is 0.923. The molecule has 0 aromatic heterocycles. The van der Waals surface area contributed by atoms with Gasteiger partial charge in [-0.3, -0.25) is 0 Å². The Morgan fingerprint density at radius 3 is 2.24 bits per heavy atom. The Balaban J connectivity index is 1.71. The van der Waals surface area contributed by atoms with Crippen LogP contribution in [0, 0.1) is 0 Å². The van der Waals surface area contributed by atoms with Crippen LogP contribution in [0.5, 0.6) is 5.75 Å². The summed E-state index contributed by atoms with van der Waals surface area (Å²) in [7, 11) is 1.71. The highest BCUT2D eigenvalue weighted by Gasteiger charge is 1.98. The van der Waals surface area contributed by atoms with E-state index < -0.39 is 0 Å². The molecule has 0 spiro atoms. The highest BCUT2D eigenvalue weighted by Crippen LogP contribution is 2.21. The number of benzene rings is 2. The molecule has 0 atom stereocenters. The van der Waals surface area contributed by atoms with E-state index in [0.29, 0.717) is 0 Å². The lowest BCUT2D eigenvalue weighted by molar-refractivity contribution is 0.198. The molecule has 0 fully saturated rings. The topological polar surface area (TPSA) is 30.5 Å². The maximum atomic E-state index is 5.73. The molecule has 0 aliphatic carbocycles. The Labute approximate surface area is 126 Å². The molecule has 1 N–H and O–H groups in total. The van der Waals surface area contributed by atoms with Gasteiger partial charge < -0.3 is 14.8 Å². The average Bonchev–Trinajstić information content (AvgIpc) is 2.55. The van der Waals surface area contributed by atoms with Gasteiger partial charge in [-0.1, -0.05) is 42.5 Å². The van der Waals surface area contributed by atoms with Crippen LogP contribution >= 0.6 is 0 Å². The molecule has 0 aliphatic heterocycles. The van der Waals surface area contributed by atoms with Gasteiger partial charge in [0.05, 0.1) is 13.2 Å². The average molecular weight is 285 g/mol. The van der Waals surface area contributed by atoms with Gasteiger partial charge in [0.1, 0.15) is 5.75 Å². The molecule has 0 aliphatic rings. The van der Waals surface area contributed by atoms with E-state index in [1.165, 1.54) is 11.1 Å². The highest BCUT2D eigenvalue weighted by atomic mass is 16.5. The van der Waals surface area contributed by atoms with Crippen LogP contribution in [0.1, 0.15) is 6.42 Å². The summed E-state index contributed by atoms with van der Waals surface area (Å²) in [4.78, 5) is 0. The van der Waals surface area contributed by atoms with Crippen molar-refractivity contribution >= 4 is 0 Å². The summed E-state index contributed by atoms with van der Waals surface area (Å²) in [6.45, 7) is 3.32. The third-order valence-electron chi connectivity index (χ3n) is 3.21. The molecule has 0 unspecified atom stereocenters. The number of methoxy groups -OCH3 is 1. The normalized spacial score (nSPS) is 10.5. The zero-order valence-electron chi connectivity index (χ0n) is 12.5. The molecule has 0 radical (unpaired) electrons. The molecule has 0 saturated carbocycles. The third-order valence-corrected chi connectivity index (χ3v) is 3.21. The minimum atomic E-state index is 0.727. The van der Waals surface area contributed by atoms with Crippen molar-refractivity contribution in [1.82, 2.24) is 5.32 Å². The van der Waals surface area contributed by atoms with Gasteiger partial charge >= 0.3 is 0 Å². The van der Waals surface area contributed by atoms with Crippen molar-refractivity contribution in [2.24, 2.45) is 0 Å². The fourth-order valence-electron chi connectivity index (χ4n) is 2.06. The molecule has 2 rings (SSSR count). The van der Waals surface area contributed by atoms with E-state index >= 15 is 0 Å².